The van der Waals surface area contributed by atoms with E-state index in [0.29, 0.717) is 22.4 Å². The van der Waals surface area contributed by atoms with Crippen LogP contribution in [0.25, 0.3) is 0 Å². The summed E-state index contributed by atoms with van der Waals surface area (Å²) in [5.41, 5.74) is 2.32. The quantitative estimate of drug-likeness (QED) is 0.873. The third kappa shape index (κ3) is 3.30. The molecule has 1 N–H and O–H groups in total. The number of anilines is 1. The number of hydrogen-bond acceptors (Lipinski definition) is 3. The zero-order chi connectivity index (χ0) is 15.0. The van der Waals surface area contributed by atoms with Crippen LogP contribution in [-0.4, -0.2) is 11.0 Å². The highest BCUT2D eigenvalue weighted by Crippen LogP contribution is 2.46. The number of nitriles is 1. The lowest BCUT2D eigenvalue weighted by atomic mass is 9.63. The van der Waals surface area contributed by atoms with Crippen molar-refractivity contribution in [1.29, 1.82) is 5.26 Å². The highest BCUT2D eigenvalue weighted by molar-refractivity contribution is 5.55. The van der Waals surface area contributed by atoms with E-state index in [0.717, 1.165) is 24.2 Å². The highest BCUT2D eigenvalue weighted by Gasteiger charge is 2.38. The van der Waals surface area contributed by atoms with Gasteiger partial charge in [-0.25, -0.2) is 4.98 Å². The molecule has 3 nitrogen and oxygen atoms in total. The van der Waals surface area contributed by atoms with Crippen molar-refractivity contribution in [3.8, 4) is 6.07 Å². The Morgan fingerprint density at radius 2 is 1.85 bits per heavy atom. The Labute approximate surface area is 122 Å². The fourth-order valence-electron chi connectivity index (χ4n) is 3.95. The highest BCUT2D eigenvalue weighted by atomic mass is 15.0. The number of pyridine rings is 1. The topological polar surface area (TPSA) is 48.7 Å². The van der Waals surface area contributed by atoms with Crippen molar-refractivity contribution in [3.63, 3.8) is 0 Å². The summed E-state index contributed by atoms with van der Waals surface area (Å²) in [7, 11) is 0. The van der Waals surface area contributed by atoms with Crippen LogP contribution >= 0.6 is 0 Å². The van der Waals surface area contributed by atoms with E-state index in [-0.39, 0.29) is 0 Å². The van der Waals surface area contributed by atoms with Crippen molar-refractivity contribution >= 4 is 5.82 Å². The van der Waals surface area contributed by atoms with Gasteiger partial charge in [-0.1, -0.05) is 27.7 Å². The van der Waals surface area contributed by atoms with Crippen LogP contribution in [-0.2, 0) is 0 Å². The Bertz CT molecular complexity index is 522. The minimum absolute atomic E-state index is 0.329. The van der Waals surface area contributed by atoms with Crippen molar-refractivity contribution in [2.24, 2.45) is 10.8 Å². The second kappa shape index (κ2) is 5.09. The summed E-state index contributed by atoms with van der Waals surface area (Å²) in [6, 6.07) is 4.54. The Morgan fingerprint density at radius 3 is 2.40 bits per heavy atom. The van der Waals surface area contributed by atoms with Gasteiger partial charge in [-0.2, -0.15) is 5.26 Å². The maximum absolute atomic E-state index is 9.30. The van der Waals surface area contributed by atoms with Crippen LogP contribution in [0.2, 0.25) is 0 Å². The van der Waals surface area contributed by atoms with E-state index in [1.807, 2.05) is 13.0 Å². The van der Waals surface area contributed by atoms with Gasteiger partial charge in [0.05, 0.1) is 5.56 Å². The maximum atomic E-state index is 9.30. The number of nitrogens with zero attached hydrogens (tertiary/aromatic N) is 2. The van der Waals surface area contributed by atoms with Gasteiger partial charge in [-0.15, -0.1) is 0 Å². The first-order chi connectivity index (χ1) is 9.22. The van der Waals surface area contributed by atoms with Gasteiger partial charge in [0.15, 0.2) is 0 Å². The molecule has 2 rings (SSSR count). The van der Waals surface area contributed by atoms with Gasteiger partial charge in [0.25, 0.3) is 0 Å². The Balaban J connectivity index is 2.22. The van der Waals surface area contributed by atoms with E-state index < -0.39 is 0 Å². The predicted molar refractivity (Wildman–Crippen MR) is 82.5 cm³/mol. The Kier molecular flexibility index (Phi) is 3.77. The average molecular weight is 271 g/mol. The lowest BCUT2D eigenvalue weighted by Crippen LogP contribution is -2.40. The zero-order valence-corrected chi connectivity index (χ0v) is 13.2. The largest absolute Gasteiger partial charge is 0.366 e. The maximum Gasteiger partial charge on any atom is 0.144 e. The van der Waals surface area contributed by atoms with Crippen molar-refractivity contribution in [2.75, 3.05) is 5.32 Å². The molecule has 108 valence electrons. The number of aryl methyl sites for hydroxylation is 1. The van der Waals surface area contributed by atoms with Gasteiger partial charge in [-0.3, -0.25) is 0 Å². The van der Waals surface area contributed by atoms with Gasteiger partial charge in [-0.05, 0) is 48.6 Å². The van der Waals surface area contributed by atoms with Crippen LogP contribution in [0.4, 0.5) is 5.82 Å². The molecule has 0 aliphatic heterocycles. The third-order valence-corrected chi connectivity index (χ3v) is 4.17. The van der Waals surface area contributed by atoms with E-state index in [1.165, 1.54) is 6.42 Å². The van der Waals surface area contributed by atoms with Crippen LogP contribution in [0.15, 0.2) is 12.3 Å². The van der Waals surface area contributed by atoms with Gasteiger partial charge in [0.2, 0.25) is 0 Å². The minimum atomic E-state index is 0.329. The van der Waals surface area contributed by atoms with Crippen LogP contribution in [0.1, 0.15) is 58.1 Å². The monoisotopic (exact) mass is 271 g/mol. The van der Waals surface area contributed by atoms with Crippen LogP contribution in [0, 0.1) is 29.1 Å². The molecule has 1 saturated carbocycles. The SMILES string of the molecule is Cc1ccnc(NC2CC(C)(C)CC(C)(C)C2)c1C#N. The molecule has 0 bridgehead atoms. The van der Waals surface area contributed by atoms with Crippen molar-refractivity contribution in [3.05, 3.63) is 23.4 Å². The van der Waals surface area contributed by atoms with E-state index in [1.54, 1.807) is 6.20 Å². The second-order valence-electron chi connectivity index (χ2n) is 7.72. The first-order valence-corrected chi connectivity index (χ1v) is 7.35. The lowest BCUT2D eigenvalue weighted by Gasteiger charge is -2.45. The molecule has 1 heterocycles. The molecule has 0 spiro atoms. The molecule has 0 unspecified atom stereocenters. The summed E-state index contributed by atoms with van der Waals surface area (Å²) < 4.78 is 0. The van der Waals surface area contributed by atoms with E-state index in [9.17, 15) is 5.26 Å². The predicted octanol–water partition coefficient (Wildman–Crippen LogP) is 4.28. The molecule has 20 heavy (non-hydrogen) atoms. The normalized spacial score (nSPS) is 21.2. The summed E-state index contributed by atoms with van der Waals surface area (Å²) >= 11 is 0. The molecule has 1 aliphatic carbocycles. The molecular formula is C17H25N3. The Morgan fingerprint density at radius 1 is 1.25 bits per heavy atom. The van der Waals surface area contributed by atoms with Crippen molar-refractivity contribution < 1.29 is 0 Å². The summed E-state index contributed by atoms with van der Waals surface area (Å²) in [5, 5.41) is 12.8. The standard InChI is InChI=1S/C17H25N3/c1-12-6-7-19-15(14(12)10-18)20-13-8-16(2,3)11-17(4,5)9-13/h6-7,13H,8-9,11H2,1-5H3,(H,19,20). The first kappa shape index (κ1) is 14.8. The molecule has 0 radical (unpaired) electrons. The molecule has 1 aromatic rings. The fraction of sp³-hybridized carbons (Fsp3) is 0.647. The van der Waals surface area contributed by atoms with E-state index in [2.05, 4.69) is 44.1 Å². The summed E-state index contributed by atoms with van der Waals surface area (Å²) in [5.74, 6) is 0.742. The van der Waals surface area contributed by atoms with Crippen LogP contribution in [0.5, 0.6) is 0 Å². The molecule has 0 aromatic carbocycles. The lowest BCUT2D eigenvalue weighted by molar-refractivity contribution is 0.105. The number of aromatic nitrogens is 1. The first-order valence-electron chi connectivity index (χ1n) is 7.35. The van der Waals surface area contributed by atoms with Gasteiger partial charge >= 0.3 is 0 Å². The summed E-state index contributed by atoms with van der Waals surface area (Å²) in [6.45, 7) is 11.3. The Hall–Kier alpha value is -1.56. The molecule has 0 saturated heterocycles. The zero-order valence-electron chi connectivity index (χ0n) is 13.2. The minimum Gasteiger partial charge on any atom is -0.366 e. The number of rotatable bonds is 2. The van der Waals surface area contributed by atoms with Crippen LogP contribution < -0.4 is 5.32 Å². The van der Waals surface area contributed by atoms with Crippen molar-refractivity contribution in [1.82, 2.24) is 4.98 Å². The average Bonchev–Trinajstić information content (AvgIpc) is 2.24. The summed E-state index contributed by atoms with van der Waals surface area (Å²) in [6.07, 6.45) is 5.26. The van der Waals surface area contributed by atoms with Crippen LogP contribution in [0.3, 0.4) is 0 Å². The molecular weight excluding hydrogens is 246 g/mol. The second-order valence-corrected chi connectivity index (χ2v) is 7.72. The molecule has 3 heteroatoms. The molecule has 0 amide bonds. The smallest absolute Gasteiger partial charge is 0.144 e. The molecule has 1 fully saturated rings. The van der Waals surface area contributed by atoms with E-state index in [4.69, 9.17) is 0 Å². The molecule has 1 aromatic heterocycles. The van der Waals surface area contributed by atoms with Gasteiger partial charge < -0.3 is 5.32 Å². The number of nitrogens with one attached hydrogen (secondary N) is 1. The summed E-state index contributed by atoms with van der Waals surface area (Å²) in [4.78, 5) is 4.37. The molecule has 0 atom stereocenters. The van der Waals surface area contributed by atoms with E-state index >= 15 is 0 Å². The number of hydrogen-bond donors (Lipinski definition) is 1. The van der Waals surface area contributed by atoms with Crippen molar-refractivity contribution in [2.45, 2.75) is 59.9 Å². The van der Waals surface area contributed by atoms with Gasteiger partial charge in [0.1, 0.15) is 11.9 Å². The van der Waals surface area contributed by atoms with Gasteiger partial charge in [0, 0.05) is 12.2 Å². The fourth-order valence-corrected chi connectivity index (χ4v) is 3.95. The third-order valence-electron chi connectivity index (χ3n) is 4.17. The molecule has 1 aliphatic rings.